The first-order chi connectivity index (χ1) is 13.6. The van der Waals surface area contributed by atoms with Crippen LogP contribution in [0.4, 0.5) is 5.69 Å². The molecule has 162 valence electrons. The molecule has 30 heavy (non-hydrogen) atoms. The highest BCUT2D eigenvalue weighted by molar-refractivity contribution is 6.06. The summed E-state index contributed by atoms with van der Waals surface area (Å²) in [5.74, 6) is -0.446. The Bertz CT molecular complexity index is 977. The van der Waals surface area contributed by atoms with Gasteiger partial charge in [0.2, 0.25) is 0 Å². The van der Waals surface area contributed by atoms with Crippen LogP contribution in [0.15, 0.2) is 48.8 Å². The van der Waals surface area contributed by atoms with Gasteiger partial charge >= 0.3 is 0 Å². The lowest BCUT2D eigenvalue weighted by molar-refractivity contribution is 0.0934. The second kappa shape index (κ2) is 12.2. The van der Waals surface area contributed by atoms with Crippen LogP contribution < -0.4 is 16.4 Å². The first-order valence-corrected chi connectivity index (χ1v) is 9.46. The third-order valence-corrected chi connectivity index (χ3v) is 4.59. The summed E-state index contributed by atoms with van der Waals surface area (Å²) >= 11 is 0. The second-order valence-electron chi connectivity index (χ2n) is 6.72. The number of halogens is 2. The van der Waals surface area contributed by atoms with Gasteiger partial charge in [-0.3, -0.25) is 9.59 Å². The van der Waals surface area contributed by atoms with Gasteiger partial charge < -0.3 is 21.4 Å². The topological polar surface area (TPSA) is 113 Å². The van der Waals surface area contributed by atoms with E-state index in [1.165, 1.54) is 0 Å². The molecule has 0 radical (unpaired) electrons. The van der Waals surface area contributed by atoms with Crippen LogP contribution in [-0.4, -0.2) is 34.4 Å². The summed E-state index contributed by atoms with van der Waals surface area (Å²) in [7, 11) is 0. The Balaban J connectivity index is 0.00000225. The summed E-state index contributed by atoms with van der Waals surface area (Å²) in [6, 6.07) is 12.1. The van der Waals surface area contributed by atoms with Crippen molar-refractivity contribution >= 4 is 53.3 Å². The first-order valence-electron chi connectivity index (χ1n) is 9.46. The van der Waals surface area contributed by atoms with E-state index in [4.69, 9.17) is 5.73 Å². The molecule has 1 atom stereocenters. The maximum atomic E-state index is 12.5. The molecule has 1 heterocycles. The highest BCUT2D eigenvalue weighted by Crippen LogP contribution is 2.16. The second-order valence-corrected chi connectivity index (χ2v) is 6.72. The third kappa shape index (κ3) is 6.45. The van der Waals surface area contributed by atoms with Gasteiger partial charge in [0.15, 0.2) is 0 Å². The number of unbranched alkanes of at least 4 members (excludes halogenated alkanes) is 1. The number of hydrogen-bond acceptors (Lipinski definition) is 4. The van der Waals surface area contributed by atoms with Crippen molar-refractivity contribution in [2.75, 3.05) is 11.9 Å². The molecular formula is C21H27Cl2N5O2. The number of hydrogen-bond donors (Lipinski definition) is 4. The fourth-order valence-electron chi connectivity index (χ4n) is 2.99. The average Bonchev–Trinajstić information content (AvgIpc) is 3.19. The maximum Gasteiger partial charge on any atom is 0.255 e. The van der Waals surface area contributed by atoms with Crippen molar-refractivity contribution < 1.29 is 9.59 Å². The molecule has 5 N–H and O–H groups in total. The van der Waals surface area contributed by atoms with Gasteiger partial charge in [0, 0.05) is 29.4 Å². The van der Waals surface area contributed by atoms with Crippen molar-refractivity contribution in [2.24, 2.45) is 5.73 Å². The molecule has 0 aliphatic heterocycles. The number of nitrogens with zero attached hydrogens (tertiary/aromatic N) is 1. The van der Waals surface area contributed by atoms with E-state index in [1.54, 1.807) is 48.8 Å². The Morgan fingerprint density at radius 3 is 2.60 bits per heavy atom. The Hall–Kier alpha value is -2.61. The van der Waals surface area contributed by atoms with Crippen LogP contribution in [0.25, 0.3) is 11.0 Å². The molecule has 0 aliphatic rings. The molecule has 1 aromatic heterocycles. The Labute approximate surface area is 188 Å². The SMILES string of the molecule is CCCCC(CN)NC(=O)c1cccc(NC(=O)c2ccc3nc[nH]c3c2)c1.Cl.Cl. The van der Waals surface area contributed by atoms with Gasteiger partial charge in [-0.15, -0.1) is 24.8 Å². The molecular weight excluding hydrogens is 425 g/mol. The zero-order valence-electron chi connectivity index (χ0n) is 16.7. The molecule has 0 fully saturated rings. The van der Waals surface area contributed by atoms with E-state index in [-0.39, 0.29) is 42.7 Å². The fourth-order valence-corrected chi connectivity index (χ4v) is 2.99. The zero-order chi connectivity index (χ0) is 19.9. The number of nitrogens with two attached hydrogens (primary N) is 1. The van der Waals surface area contributed by atoms with E-state index >= 15 is 0 Å². The summed E-state index contributed by atoms with van der Waals surface area (Å²) in [5, 5.41) is 5.79. The lowest BCUT2D eigenvalue weighted by atomic mass is 10.1. The Morgan fingerprint density at radius 2 is 1.87 bits per heavy atom. The van der Waals surface area contributed by atoms with E-state index in [0.29, 0.717) is 23.4 Å². The van der Waals surface area contributed by atoms with E-state index in [9.17, 15) is 9.59 Å². The molecule has 0 saturated carbocycles. The quantitative estimate of drug-likeness (QED) is 0.415. The van der Waals surface area contributed by atoms with Crippen molar-refractivity contribution in [2.45, 2.75) is 32.2 Å². The number of amides is 2. The van der Waals surface area contributed by atoms with Crippen molar-refractivity contribution in [1.29, 1.82) is 0 Å². The van der Waals surface area contributed by atoms with Crippen molar-refractivity contribution in [3.8, 4) is 0 Å². The van der Waals surface area contributed by atoms with Gasteiger partial charge in [-0.05, 0) is 42.8 Å². The number of imidazole rings is 1. The highest BCUT2D eigenvalue weighted by Gasteiger charge is 2.13. The van der Waals surface area contributed by atoms with E-state index in [1.807, 2.05) is 0 Å². The highest BCUT2D eigenvalue weighted by atomic mass is 35.5. The smallest absolute Gasteiger partial charge is 0.255 e. The molecule has 0 saturated heterocycles. The number of fused-ring (bicyclic) bond motifs is 1. The molecule has 3 rings (SSSR count). The summed E-state index contributed by atoms with van der Waals surface area (Å²) in [6.45, 7) is 2.50. The van der Waals surface area contributed by atoms with Crippen LogP contribution in [0.5, 0.6) is 0 Å². The predicted octanol–water partition coefficient (Wildman–Crippen LogP) is 3.91. The van der Waals surface area contributed by atoms with Crippen LogP contribution in [0.1, 0.15) is 46.9 Å². The lowest BCUT2D eigenvalue weighted by Crippen LogP contribution is -2.40. The van der Waals surface area contributed by atoms with E-state index in [0.717, 1.165) is 30.3 Å². The normalized spacial score (nSPS) is 11.1. The standard InChI is InChI=1S/C21H25N5O2.2ClH/c1-2-3-6-17(12-22)26-20(27)14-5-4-7-16(10-14)25-21(28)15-8-9-18-19(11-15)24-13-23-18;;/h4-5,7-11,13,17H,2-3,6,12,22H2,1H3,(H,23,24)(H,25,28)(H,26,27);2*1H. The Morgan fingerprint density at radius 1 is 1.10 bits per heavy atom. The number of nitrogens with one attached hydrogen (secondary N) is 3. The van der Waals surface area contributed by atoms with Gasteiger partial charge in [0.25, 0.3) is 11.8 Å². The number of H-pyrrole nitrogens is 1. The minimum absolute atomic E-state index is 0. The molecule has 0 aliphatic carbocycles. The number of carbonyl (C=O) groups is 2. The van der Waals surface area contributed by atoms with Crippen LogP contribution in [0, 0.1) is 0 Å². The van der Waals surface area contributed by atoms with Crippen LogP contribution >= 0.6 is 24.8 Å². The third-order valence-electron chi connectivity index (χ3n) is 4.59. The lowest BCUT2D eigenvalue weighted by Gasteiger charge is -2.16. The number of benzene rings is 2. The number of carbonyl (C=O) groups excluding carboxylic acids is 2. The number of aromatic amines is 1. The molecule has 3 aromatic rings. The molecule has 9 heteroatoms. The average molecular weight is 452 g/mol. The van der Waals surface area contributed by atoms with Gasteiger partial charge in [0.05, 0.1) is 17.4 Å². The summed E-state index contributed by atoms with van der Waals surface area (Å²) in [4.78, 5) is 32.2. The summed E-state index contributed by atoms with van der Waals surface area (Å²) in [6.07, 6.45) is 4.51. The maximum absolute atomic E-state index is 12.5. The first kappa shape index (κ1) is 25.4. The van der Waals surface area contributed by atoms with Gasteiger partial charge in [0.1, 0.15) is 0 Å². The number of aromatic nitrogens is 2. The Kier molecular flexibility index (Phi) is 10.3. The number of rotatable bonds is 8. The predicted molar refractivity (Wildman–Crippen MR) is 125 cm³/mol. The van der Waals surface area contributed by atoms with E-state index < -0.39 is 0 Å². The molecule has 0 spiro atoms. The summed E-state index contributed by atoms with van der Waals surface area (Å²) < 4.78 is 0. The summed E-state index contributed by atoms with van der Waals surface area (Å²) in [5.41, 5.74) is 8.89. The van der Waals surface area contributed by atoms with Crippen LogP contribution in [-0.2, 0) is 0 Å². The largest absolute Gasteiger partial charge is 0.348 e. The van der Waals surface area contributed by atoms with Gasteiger partial charge in [-0.1, -0.05) is 25.8 Å². The molecule has 7 nitrogen and oxygen atoms in total. The van der Waals surface area contributed by atoms with Crippen molar-refractivity contribution in [3.63, 3.8) is 0 Å². The minimum atomic E-state index is -0.253. The number of anilines is 1. The van der Waals surface area contributed by atoms with Crippen LogP contribution in [0.2, 0.25) is 0 Å². The molecule has 2 amide bonds. The van der Waals surface area contributed by atoms with Gasteiger partial charge in [-0.25, -0.2) is 4.98 Å². The monoisotopic (exact) mass is 451 g/mol. The van der Waals surface area contributed by atoms with Crippen LogP contribution in [0.3, 0.4) is 0 Å². The molecule has 0 bridgehead atoms. The molecule has 1 unspecified atom stereocenters. The molecule has 2 aromatic carbocycles. The van der Waals surface area contributed by atoms with Gasteiger partial charge in [-0.2, -0.15) is 0 Å². The fraction of sp³-hybridized carbons (Fsp3) is 0.286. The zero-order valence-corrected chi connectivity index (χ0v) is 18.3. The van der Waals surface area contributed by atoms with Crippen molar-refractivity contribution in [3.05, 3.63) is 59.9 Å². The van der Waals surface area contributed by atoms with Crippen molar-refractivity contribution in [1.82, 2.24) is 15.3 Å². The minimum Gasteiger partial charge on any atom is -0.348 e. The van der Waals surface area contributed by atoms with E-state index in [2.05, 4.69) is 27.5 Å².